The Morgan fingerprint density at radius 3 is 2.21 bits per heavy atom. The van der Waals surface area contributed by atoms with Gasteiger partial charge in [0.15, 0.2) is 0 Å². The first kappa shape index (κ1) is 22.4. The third kappa shape index (κ3) is 5.34. The minimum Gasteiger partial charge on any atom is -0.481 e. The number of benzene rings is 1. The van der Waals surface area contributed by atoms with Crippen molar-refractivity contribution >= 4 is 11.9 Å². The van der Waals surface area contributed by atoms with E-state index in [1.807, 2.05) is 37.3 Å². The number of carbonyl (C=O) groups is 2. The molecule has 0 heterocycles. The molecule has 0 aromatic heterocycles. The van der Waals surface area contributed by atoms with Crippen LogP contribution in [0, 0.1) is 11.8 Å². The molecule has 0 aliphatic heterocycles. The second kappa shape index (κ2) is 10.6. The first-order valence-corrected chi connectivity index (χ1v) is 10.7. The summed E-state index contributed by atoms with van der Waals surface area (Å²) in [5, 5.41) is 22.1. The van der Waals surface area contributed by atoms with E-state index in [9.17, 15) is 19.8 Å². The summed E-state index contributed by atoms with van der Waals surface area (Å²) in [6, 6.07) is 9.82. The number of hydrogen-bond acceptors (Lipinski definition) is 3. The van der Waals surface area contributed by atoms with Crippen molar-refractivity contribution < 1.29 is 19.8 Å². The molecule has 4 atom stereocenters. The van der Waals surface area contributed by atoms with E-state index in [0.29, 0.717) is 0 Å². The van der Waals surface area contributed by atoms with Gasteiger partial charge in [0, 0.05) is 11.5 Å². The van der Waals surface area contributed by atoms with Crippen molar-refractivity contribution in [3.8, 4) is 0 Å². The molecule has 0 bridgehead atoms. The first-order valence-electron chi connectivity index (χ1n) is 10.7. The van der Waals surface area contributed by atoms with Crippen molar-refractivity contribution in [2.24, 2.45) is 11.8 Å². The van der Waals surface area contributed by atoms with Crippen LogP contribution in [0.1, 0.15) is 76.7 Å². The highest BCUT2D eigenvalue weighted by molar-refractivity contribution is 5.78. The zero-order chi connectivity index (χ0) is 20.6. The maximum absolute atomic E-state index is 12.0. The molecule has 2 rings (SSSR count). The highest BCUT2D eigenvalue weighted by Crippen LogP contribution is 2.60. The normalized spacial score (nSPS) is 24.6. The second-order valence-corrected chi connectivity index (χ2v) is 8.15. The predicted molar refractivity (Wildman–Crippen MR) is 110 cm³/mol. The quantitative estimate of drug-likeness (QED) is 0.402. The van der Waals surface area contributed by atoms with Crippen LogP contribution in [-0.2, 0) is 9.59 Å². The summed E-state index contributed by atoms with van der Waals surface area (Å²) < 4.78 is 0. The van der Waals surface area contributed by atoms with Gasteiger partial charge in [-0.05, 0) is 17.9 Å². The fraction of sp³-hybridized carbons (Fsp3) is 0.652. The molecule has 3 N–H and O–H groups in total. The molecule has 1 saturated carbocycles. The lowest BCUT2D eigenvalue weighted by Crippen LogP contribution is -2.43. The van der Waals surface area contributed by atoms with E-state index in [0.717, 1.165) is 24.8 Å². The van der Waals surface area contributed by atoms with E-state index in [-0.39, 0.29) is 18.4 Å². The van der Waals surface area contributed by atoms with Crippen molar-refractivity contribution in [2.45, 2.75) is 76.7 Å². The third-order valence-corrected chi connectivity index (χ3v) is 6.37. The van der Waals surface area contributed by atoms with E-state index < -0.39 is 23.4 Å². The number of carboxylic acid groups (broad SMARTS) is 2. The lowest BCUT2D eigenvalue weighted by Gasteiger charge is -2.27. The van der Waals surface area contributed by atoms with Gasteiger partial charge in [0.2, 0.25) is 0 Å². The second-order valence-electron chi connectivity index (χ2n) is 8.15. The number of unbranched alkanes of at least 4 members (excludes halogenated alkanes) is 6. The Hall–Kier alpha value is -1.88. The molecule has 1 aliphatic rings. The highest BCUT2D eigenvalue weighted by Gasteiger charge is 2.70. The maximum Gasteiger partial charge on any atom is 0.317 e. The van der Waals surface area contributed by atoms with Crippen molar-refractivity contribution in [3.63, 3.8) is 0 Å². The summed E-state index contributed by atoms with van der Waals surface area (Å²) in [5.74, 6) is -2.42. The molecule has 28 heavy (non-hydrogen) atoms. The number of carboxylic acids is 2. The summed E-state index contributed by atoms with van der Waals surface area (Å²) in [5.41, 5.74) is 0.363. The lowest BCUT2D eigenvalue weighted by molar-refractivity contribution is -0.140. The van der Waals surface area contributed by atoms with E-state index in [4.69, 9.17) is 0 Å². The summed E-state index contributed by atoms with van der Waals surface area (Å²) >= 11 is 0. The fourth-order valence-corrected chi connectivity index (χ4v) is 4.82. The minimum atomic E-state index is -0.953. The minimum absolute atomic E-state index is 0.0322. The molecule has 0 radical (unpaired) electrons. The van der Waals surface area contributed by atoms with E-state index in [1.165, 1.54) is 32.1 Å². The topological polar surface area (TPSA) is 86.6 Å². The van der Waals surface area contributed by atoms with Gasteiger partial charge >= 0.3 is 11.9 Å². The van der Waals surface area contributed by atoms with Crippen molar-refractivity contribution in [3.05, 3.63) is 35.9 Å². The van der Waals surface area contributed by atoms with Crippen LogP contribution in [0.15, 0.2) is 30.3 Å². The fourth-order valence-electron chi connectivity index (χ4n) is 4.82. The Bertz CT molecular complexity index is 633. The first-order chi connectivity index (χ1) is 13.4. The van der Waals surface area contributed by atoms with Crippen LogP contribution in [0.4, 0.5) is 0 Å². The number of nitrogens with one attached hydrogen (secondary N) is 1. The summed E-state index contributed by atoms with van der Waals surface area (Å²) in [4.78, 5) is 23.2. The van der Waals surface area contributed by atoms with Crippen molar-refractivity contribution in [1.82, 2.24) is 5.32 Å². The van der Waals surface area contributed by atoms with Gasteiger partial charge in [-0.25, -0.2) is 0 Å². The van der Waals surface area contributed by atoms with E-state index in [1.54, 1.807) is 0 Å². The molecule has 0 saturated heterocycles. The molecule has 5 nitrogen and oxygen atoms in total. The monoisotopic (exact) mass is 389 g/mol. The van der Waals surface area contributed by atoms with Crippen molar-refractivity contribution in [2.75, 3.05) is 6.54 Å². The van der Waals surface area contributed by atoms with Crippen LogP contribution in [0.5, 0.6) is 0 Å². The predicted octanol–water partition coefficient (Wildman–Crippen LogP) is 4.67. The zero-order valence-corrected chi connectivity index (χ0v) is 17.2. The molecule has 1 aromatic rings. The molecule has 1 aromatic carbocycles. The van der Waals surface area contributed by atoms with Crippen LogP contribution in [0.2, 0.25) is 0 Å². The molecule has 0 amide bonds. The summed E-state index contributed by atoms with van der Waals surface area (Å²) in [7, 11) is 0. The Morgan fingerprint density at radius 1 is 1.04 bits per heavy atom. The van der Waals surface area contributed by atoms with Gasteiger partial charge in [-0.15, -0.1) is 0 Å². The Morgan fingerprint density at radius 2 is 1.64 bits per heavy atom. The van der Waals surface area contributed by atoms with Crippen LogP contribution in [0.3, 0.4) is 0 Å². The zero-order valence-electron chi connectivity index (χ0n) is 17.2. The van der Waals surface area contributed by atoms with Crippen LogP contribution < -0.4 is 5.32 Å². The Balaban J connectivity index is 2.06. The van der Waals surface area contributed by atoms with Gasteiger partial charge in [-0.2, -0.15) is 0 Å². The van der Waals surface area contributed by atoms with E-state index in [2.05, 4.69) is 12.2 Å². The SMILES string of the molecule is CCCCCCCCCC1C(C(=O)O)C1(NCC(=O)O)C(C)c1ccccc1. The molecule has 0 spiro atoms. The Labute approximate surface area is 168 Å². The summed E-state index contributed by atoms with van der Waals surface area (Å²) in [6.45, 7) is 4.01. The highest BCUT2D eigenvalue weighted by atomic mass is 16.4. The van der Waals surface area contributed by atoms with E-state index >= 15 is 0 Å². The standard InChI is InChI=1S/C23H35NO4/c1-3-4-5-6-7-8-12-15-19-21(22(27)28)23(19,24-16-20(25)26)17(2)18-13-10-9-11-14-18/h9-11,13-14,17,19,21,24H,3-8,12,15-16H2,1-2H3,(H,25,26)(H,27,28). The smallest absolute Gasteiger partial charge is 0.317 e. The molecule has 4 unspecified atom stereocenters. The largest absolute Gasteiger partial charge is 0.481 e. The lowest BCUT2D eigenvalue weighted by atomic mass is 9.87. The molecule has 156 valence electrons. The van der Waals surface area contributed by atoms with Gasteiger partial charge in [0.1, 0.15) is 0 Å². The maximum atomic E-state index is 12.0. The number of aliphatic carboxylic acids is 2. The van der Waals surface area contributed by atoms with Gasteiger partial charge in [-0.1, -0.05) is 89.1 Å². The average Bonchev–Trinajstić information content (AvgIpc) is 3.34. The third-order valence-electron chi connectivity index (χ3n) is 6.37. The van der Waals surface area contributed by atoms with Crippen LogP contribution in [0.25, 0.3) is 0 Å². The number of rotatable bonds is 14. The van der Waals surface area contributed by atoms with Gasteiger partial charge in [0.25, 0.3) is 0 Å². The molecular weight excluding hydrogens is 354 g/mol. The van der Waals surface area contributed by atoms with Gasteiger partial charge < -0.3 is 10.2 Å². The molecule has 5 heteroatoms. The van der Waals surface area contributed by atoms with Crippen LogP contribution in [-0.4, -0.2) is 34.2 Å². The molecule has 1 aliphatic carbocycles. The molecule has 1 fully saturated rings. The average molecular weight is 390 g/mol. The van der Waals surface area contributed by atoms with Crippen LogP contribution >= 0.6 is 0 Å². The summed E-state index contributed by atoms with van der Waals surface area (Å²) in [6.07, 6.45) is 9.15. The Kier molecular flexibility index (Phi) is 8.49. The van der Waals surface area contributed by atoms with Gasteiger partial charge in [-0.3, -0.25) is 14.9 Å². The van der Waals surface area contributed by atoms with Gasteiger partial charge in [0.05, 0.1) is 12.5 Å². The molecular formula is C23H35NO4. The number of hydrogen-bond donors (Lipinski definition) is 3. The van der Waals surface area contributed by atoms with Crippen molar-refractivity contribution in [1.29, 1.82) is 0 Å².